The lowest BCUT2D eigenvalue weighted by Crippen LogP contribution is -2.49. The number of aliphatic hydroxyl groups excluding tert-OH is 1. The Morgan fingerprint density at radius 1 is 1.59 bits per heavy atom. The summed E-state index contributed by atoms with van der Waals surface area (Å²) in [4.78, 5) is 12.1. The average Bonchev–Trinajstić information content (AvgIpc) is 2.89. The van der Waals surface area contributed by atoms with Gasteiger partial charge in [0.05, 0.1) is 23.9 Å². The first-order valence-electron chi connectivity index (χ1n) is 6.00. The van der Waals surface area contributed by atoms with Gasteiger partial charge in [-0.15, -0.1) is 0 Å². The summed E-state index contributed by atoms with van der Waals surface area (Å²) in [6.45, 7) is 1.88. The molecule has 0 unspecified atom stereocenters. The molecule has 1 amide bonds. The van der Waals surface area contributed by atoms with Crippen LogP contribution < -0.4 is 5.32 Å². The molecule has 0 atom stereocenters. The van der Waals surface area contributed by atoms with Crippen LogP contribution in [0.25, 0.3) is 0 Å². The van der Waals surface area contributed by atoms with Crippen molar-refractivity contribution >= 4 is 5.91 Å². The zero-order valence-corrected chi connectivity index (χ0v) is 10.4. The highest BCUT2D eigenvalue weighted by molar-refractivity contribution is 5.95. The molecule has 1 aromatic heterocycles. The monoisotopic (exact) mass is 237 g/mol. The maximum absolute atomic E-state index is 12.1. The lowest BCUT2D eigenvalue weighted by Gasteiger charge is -2.27. The number of nitrogens with one attached hydrogen (secondary N) is 1. The van der Waals surface area contributed by atoms with Gasteiger partial charge in [-0.3, -0.25) is 9.48 Å². The molecule has 2 N–H and O–H groups in total. The predicted molar refractivity (Wildman–Crippen MR) is 63.7 cm³/mol. The van der Waals surface area contributed by atoms with Crippen molar-refractivity contribution in [3.05, 3.63) is 17.5 Å². The molecule has 1 aliphatic carbocycles. The molecule has 0 spiro atoms. The van der Waals surface area contributed by atoms with Gasteiger partial charge in [0.1, 0.15) is 0 Å². The van der Waals surface area contributed by atoms with Crippen LogP contribution in [0.15, 0.2) is 6.20 Å². The summed E-state index contributed by atoms with van der Waals surface area (Å²) in [6.07, 6.45) is 5.41. The second kappa shape index (κ2) is 4.49. The van der Waals surface area contributed by atoms with Gasteiger partial charge >= 0.3 is 0 Å². The first kappa shape index (κ1) is 12.1. The average molecular weight is 237 g/mol. The Morgan fingerprint density at radius 2 is 2.24 bits per heavy atom. The van der Waals surface area contributed by atoms with Crippen molar-refractivity contribution in [2.24, 2.45) is 7.05 Å². The summed E-state index contributed by atoms with van der Waals surface area (Å²) in [7, 11) is 1.81. The van der Waals surface area contributed by atoms with Gasteiger partial charge in [-0.25, -0.2) is 0 Å². The second-order valence-corrected chi connectivity index (χ2v) is 4.87. The van der Waals surface area contributed by atoms with E-state index >= 15 is 0 Å². The molecule has 0 aliphatic heterocycles. The van der Waals surface area contributed by atoms with Crippen LogP contribution in [-0.2, 0) is 7.05 Å². The number of hydrogen-bond donors (Lipinski definition) is 2. The first-order valence-corrected chi connectivity index (χ1v) is 6.00. The largest absolute Gasteiger partial charge is 0.394 e. The van der Waals surface area contributed by atoms with Crippen molar-refractivity contribution in [2.75, 3.05) is 6.61 Å². The Kier molecular flexibility index (Phi) is 3.19. The third-order valence-electron chi connectivity index (χ3n) is 3.72. The molecule has 2 rings (SSSR count). The third-order valence-corrected chi connectivity index (χ3v) is 3.72. The minimum absolute atomic E-state index is 0.0120. The van der Waals surface area contributed by atoms with Gasteiger partial charge in [0.15, 0.2) is 0 Å². The summed E-state index contributed by atoms with van der Waals surface area (Å²) < 4.78 is 1.68. The van der Waals surface area contributed by atoms with Crippen molar-refractivity contribution < 1.29 is 9.90 Å². The number of rotatable bonds is 3. The number of nitrogens with zero attached hydrogens (tertiary/aromatic N) is 2. The van der Waals surface area contributed by atoms with Gasteiger partial charge in [0, 0.05) is 12.7 Å². The summed E-state index contributed by atoms with van der Waals surface area (Å²) >= 11 is 0. The van der Waals surface area contributed by atoms with E-state index in [2.05, 4.69) is 10.4 Å². The number of carbonyl (C=O) groups excluding carboxylic acids is 1. The molecule has 0 aromatic carbocycles. The highest BCUT2D eigenvalue weighted by Crippen LogP contribution is 2.29. The number of carbonyl (C=O) groups is 1. The fourth-order valence-electron chi connectivity index (χ4n) is 2.40. The molecule has 94 valence electrons. The molecule has 1 fully saturated rings. The van der Waals surface area contributed by atoms with Crippen LogP contribution in [0.5, 0.6) is 0 Å². The fourth-order valence-corrected chi connectivity index (χ4v) is 2.40. The van der Waals surface area contributed by atoms with Gasteiger partial charge < -0.3 is 10.4 Å². The van der Waals surface area contributed by atoms with E-state index in [9.17, 15) is 9.90 Å². The molecular formula is C12H19N3O2. The molecule has 17 heavy (non-hydrogen) atoms. The normalized spacial score (nSPS) is 18.3. The number of aryl methyl sites for hydroxylation is 1. The quantitative estimate of drug-likeness (QED) is 0.815. The van der Waals surface area contributed by atoms with Gasteiger partial charge in [0.2, 0.25) is 0 Å². The Labute approximate surface area is 101 Å². The second-order valence-electron chi connectivity index (χ2n) is 4.87. The van der Waals surface area contributed by atoms with Crippen molar-refractivity contribution in [1.82, 2.24) is 15.1 Å². The van der Waals surface area contributed by atoms with Crippen LogP contribution >= 0.6 is 0 Å². The Hall–Kier alpha value is -1.36. The highest BCUT2D eigenvalue weighted by atomic mass is 16.3. The van der Waals surface area contributed by atoms with Crippen molar-refractivity contribution in [3.63, 3.8) is 0 Å². The first-order chi connectivity index (χ1) is 8.08. The smallest absolute Gasteiger partial charge is 0.255 e. The van der Waals surface area contributed by atoms with E-state index in [-0.39, 0.29) is 12.5 Å². The topological polar surface area (TPSA) is 67.2 Å². The molecule has 5 nitrogen and oxygen atoms in total. The van der Waals surface area contributed by atoms with Crippen molar-refractivity contribution in [2.45, 2.75) is 38.1 Å². The summed E-state index contributed by atoms with van der Waals surface area (Å²) in [5.41, 5.74) is 1.01. The summed E-state index contributed by atoms with van der Waals surface area (Å²) in [5.74, 6) is -0.133. The Balaban J connectivity index is 2.13. The molecule has 1 aliphatic rings. The SMILES string of the molecule is Cc1c(C(=O)NC2(CO)CCCC2)cnn1C. The molecule has 0 bridgehead atoms. The minimum atomic E-state index is -0.417. The lowest BCUT2D eigenvalue weighted by molar-refractivity contribution is 0.0838. The van der Waals surface area contributed by atoms with Crippen LogP contribution in [0, 0.1) is 6.92 Å². The van der Waals surface area contributed by atoms with Crippen LogP contribution in [0.3, 0.4) is 0 Å². The van der Waals surface area contributed by atoms with E-state index in [0.29, 0.717) is 5.56 Å². The third kappa shape index (κ3) is 2.20. The van der Waals surface area contributed by atoms with Crippen LogP contribution in [0.4, 0.5) is 0 Å². The van der Waals surface area contributed by atoms with Crippen LogP contribution in [-0.4, -0.2) is 32.9 Å². The minimum Gasteiger partial charge on any atom is -0.394 e. The number of amides is 1. The zero-order valence-electron chi connectivity index (χ0n) is 10.4. The molecule has 0 radical (unpaired) electrons. The fraction of sp³-hybridized carbons (Fsp3) is 0.667. The van der Waals surface area contributed by atoms with E-state index in [0.717, 1.165) is 31.4 Å². The van der Waals surface area contributed by atoms with Crippen molar-refractivity contribution in [3.8, 4) is 0 Å². The molecule has 1 saturated carbocycles. The molecule has 5 heteroatoms. The van der Waals surface area contributed by atoms with Crippen molar-refractivity contribution in [1.29, 1.82) is 0 Å². The predicted octanol–water partition coefficient (Wildman–Crippen LogP) is 0.763. The molecular weight excluding hydrogens is 218 g/mol. The highest BCUT2D eigenvalue weighted by Gasteiger charge is 2.35. The molecule has 1 heterocycles. The molecule has 0 saturated heterocycles. The van der Waals surface area contributed by atoms with Gasteiger partial charge in [-0.1, -0.05) is 12.8 Å². The van der Waals surface area contributed by atoms with Crippen LogP contribution in [0.2, 0.25) is 0 Å². The van der Waals surface area contributed by atoms with Gasteiger partial charge in [0.25, 0.3) is 5.91 Å². The summed E-state index contributed by atoms with van der Waals surface area (Å²) in [5, 5.41) is 16.5. The summed E-state index contributed by atoms with van der Waals surface area (Å²) in [6, 6.07) is 0. The number of aromatic nitrogens is 2. The Bertz CT molecular complexity index is 419. The number of aliphatic hydroxyl groups is 1. The standard InChI is InChI=1S/C12H19N3O2/c1-9-10(7-13-15(9)2)11(17)14-12(8-16)5-3-4-6-12/h7,16H,3-6,8H2,1-2H3,(H,14,17). The van der Waals surface area contributed by atoms with E-state index < -0.39 is 5.54 Å². The van der Waals surface area contributed by atoms with Crippen LogP contribution in [0.1, 0.15) is 41.7 Å². The maximum Gasteiger partial charge on any atom is 0.255 e. The molecule has 1 aromatic rings. The van der Waals surface area contributed by atoms with E-state index in [1.807, 2.05) is 14.0 Å². The Morgan fingerprint density at radius 3 is 2.71 bits per heavy atom. The zero-order chi connectivity index (χ0) is 12.5. The maximum atomic E-state index is 12.1. The van der Waals surface area contributed by atoms with Gasteiger partial charge in [-0.05, 0) is 19.8 Å². The van der Waals surface area contributed by atoms with E-state index in [1.165, 1.54) is 0 Å². The number of hydrogen-bond acceptors (Lipinski definition) is 3. The van der Waals surface area contributed by atoms with E-state index in [1.54, 1.807) is 10.9 Å². The lowest BCUT2D eigenvalue weighted by atomic mass is 9.98. The van der Waals surface area contributed by atoms with E-state index in [4.69, 9.17) is 0 Å². The van der Waals surface area contributed by atoms with Gasteiger partial charge in [-0.2, -0.15) is 5.10 Å².